The number of fused-ring (bicyclic) bond motifs is 1. The number of nitrogens with zero attached hydrogens (tertiary/aromatic N) is 2. The Labute approximate surface area is 241 Å². The van der Waals surface area contributed by atoms with Crippen LogP contribution in [0.15, 0.2) is 49.6 Å². The van der Waals surface area contributed by atoms with Crippen molar-refractivity contribution in [1.82, 2.24) is 4.90 Å². The molecule has 7 atom stereocenters. The zero-order valence-electron chi connectivity index (χ0n) is 21.6. The summed E-state index contributed by atoms with van der Waals surface area (Å²) in [6, 6.07) is 5.51. The van der Waals surface area contributed by atoms with Crippen molar-refractivity contribution in [2.45, 2.75) is 53.6 Å². The van der Waals surface area contributed by atoms with Crippen molar-refractivity contribution in [3.63, 3.8) is 0 Å². The van der Waals surface area contributed by atoms with Gasteiger partial charge in [-0.3, -0.25) is 14.4 Å². The molecular weight excluding hydrogens is 592 g/mol. The molecule has 7 nitrogen and oxygen atoms in total. The van der Waals surface area contributed by atoms with Gasteiger partial charge in [-0.2, -0.15) is 0 Å². The second-order valence-corrected chi connectivity index (χ2v) is 13.7. The minimum atomic E-state index is -0.876. The number of aliphatic hydroxyl groups is 1. The number of rotatable bonds is 11. The molecule has 3 heterocycles. The van der Waals surface area contributed by atoms with Gasteiger partial charge in [0.2, 0.25) is 5.91 Å². The fourth-order valence-corrected chi connectivity index (χ4v) is 9.99. The van der Waals surface area contributed by atoms with Crippen LogP contribution < -0.4 is 4.90 Å². The van der Waals surface area contributed by atoms with Gasteiger partial charge in [0.15, 0.2) is 0 Å². The minimum absolute atomic E-state index is 0.0515. The Morgan fingerprint density at radius 3 is 2.58 bits per heavy atom. The molecule has 1 aromatic carbocycles. The van der Waals surface area contributed by atoms with Crippen molar-refractivity contribution in [2.24, 2.45) is 17.8 Å². The van der Waals surface area contributed by atoms with Crippen LogP contribution in [0.5, 0.6) is 0 Å². The molecule has 0 aromatic heterocycles. The van der Waals surface area contributed by atoms with E-state index in [1.54, 1.807) is 40.1 Å². The van der Waals surface area contributed by atoms with E-state index in [1.807, 2.05) is 13.8 Å². The van der Waals surface area contributed by atoms with Crippen molar-refractivity contribution in [3.8, 4) is 0 Å². The lowest BCUT2D eigenvalue weighted by Gasteiger charge is -2.40. The maximum Gasteiger partial charge on any atom is 0.311 e. The summed E-state index contributed by atoms with van der Waals surface area (Å²) in [7, 11) is 0. The van der Waals surface area contributed by atoms with E-state index in [1.165, 1.54) is 17.8 Å². The van der Waals surface area contributed by atoms with Crippen LogP contribution in [0.1, 0.15) is 26.7 Å². The lowest BCUT2D eigenvalue weighted by Crippen LogP contribution is -2.58. The maximum atomic E-state index is 14.6. The maximum absolute atomic E-state index is 14.6. The van der Waals surface area contributed by atoms with Gasteiger partial charge in [0.25, 0.3) is 5.91 Å². The van der Waals surface area contributed by atoms with Gasteiger partial charge in [0, 0.05) is 27.3 Å². The topological polar surface area (TPSA) is 87.1 Å². The summed E-state index contributed by atoms with van der Waals surface area (Å²) in [4.78, 5) is 45.2. The lowest BCUT2D eigenvalue weighted by atomic mass is 9.71. The van der Waals surface area contributed by atoms with E-state index in [9.17, 15) is 19.5 Å². The average molecular weight is 626 g/mol. The SMILES string of the molecule is C=CCOC(=O)[C@H]1[C@H]2C(=O)N([C@@H](CO)CC(C)C)C(C(=O)N(CC=C)c3ccc(Cl)cc3)C23CC(Br)[C@@H]1S3. The molecule has 0 radical (unpaired) electrons. The number of thioether (sulfide) groups is 1. The van der Waals surface area contributed by atoms with E-state index in [0.29, 0.717) is 23.6 Å². The molecule has 3 aliphatic heterocycles. The fourth-order valence-electron chi connectivity index (χ4n) is 6.29. The van der Waals surface area contributed by atoms with Crippen molar-refractivity contribution >= 4 is 62.8 Å². The Morgan fingerprint density at radius 2 is 2.00 bits per heavy atom. The highest BCUT2D eigenvalue weighted by molar-refractivity contribution is 9.09. The molecule has 2 bridgehead atoms. The van der Waals surface area contributed by atoms with Gasteiger partial charge in [0.05, 0.1) is 29.2 Å². The van der Waals surface area contributed by atoms with Gasteiger partial charge in [-0.1, -0.05) is 60.1 Å². The number of carbonyl (C=O) groups excluding carboxylic acids is 3. The summed E-state index contributed by atoms with van der Waals surface area (Å²) < 4.78 is 4.60. The van der Waals surface area contributed by atoms with E-state index in [-0.39, 0.29) is 47.6 Å². The predicted molar refractivity (Wildman–Crippen MR) is 155 cm³/mol. The van der Waals surface area contributed by atoms with Gasteiger partial charge in [0.1, 0.15) is 12.6 Å². The van der Waals surface area contributed by atoms with Crippen LogP contribution in [0.4, 0.5) is 5.69 Å². The molecule has 1 N–H and O–H groups in total. The second kappa shape index (κ2) is 11.7. The average Bonchev–Trinajstić information content (AvgIpc) is 3.48. The monoisotopic (exact) mass is 624 g/mol. The zero-order valence-corrected chi connectivity index (χ0v) is 24.8. The van der Waals surface area contributed by atoms with Gasteiger partial charge in [-0.15, -0.1) is 18.3 Å². The van der Waals surface area contributed by atoms with E-state index in [4.69, 9.17) is 16.3 Å². The molecule has 3 fully saturated rings. The van der Waals surface area contributed by atoms with Crippen molar-refractivity contribution in [2.75, 3.05) is 24.7 Å². The van der Waals surface area contributed by atoms with E-state index in [2.05, 4.69) is 29.1 Å². The lowest BCUT2D eigenvalue weighted by molar-refractivity contribution is -0.153. The minimum Gasteiger partial charge on any atom is -0.461 e. The number of esters is 1. The molecule has 3 saturated heterocycles. The van der Waals surface area contributed by atoms with Gasteiger partial charge >= 0.3 is 5.97 Å². The summed E-state index contributed by atoms with van der Waals surface area (Å²) in [5.41, 5.74) is 0.630. The normalized spacial score (nSPS) is 30.3. The van der Waals surface area contributed by atoms with Crippen molar-refractivity contribution in [1.29, 1.82) is 0 Å². The van der Waals surface area contributed by atoms with Gasteiger partial charge < -0.3 is 19.6 Å². The highest BCUT2D eigenvalue weighted by Crippen LogP contribution is 2.68. The first kappa shape index (κ1) is 29.2. The molecular formula is C28H34BrClN2O5S. The third-order valence-electron chi connectivity index (χ3n) is 7.64. The Balaban J connectivity index is 1.83. The standard InChI is InChI=1S/C28H34BrClN2O5S/c1-5-11-31(18-9-7-17(30)8-10-18)26(35)24-28-14-20(29)23(38-28)21(27(36)37-12-6-2)22(28)25(34)32(24)19(15-33)13-16(3)4/h5-10,16,19-24,33H,1-2,11-15H2,3-4H3/t19-,20?,21+,22+,23+,24?,28?/m1/s1. The highest BCUT2D eigenvalue weighted by Gasteiger charge is 2.76. The Morgan fingerprint density at radius 1 is 1.32 bits per heavy atom. The molecule has 2 amide bonds. The van der Waals surface area contributed by atoms with Crippen LogP contribution in [-0.4, -0.2) is 74.5 Å². The summed E-state index contributed by atoms with van der Waals surface area (Å²) >= 11 is 11.4. The molecule has 0 saturated carbocycles. The summed E-state index contributed by atoms with van der Waals surface area (Å²) in [5.74, 6) is -2.24. The Kier molecular flexibility index (Phi) is 9.02. The van der Waals surface area contributed by atoms with Gasteiger partial charge in [-0.25, -0.2) is 0 Å². The molecule has 0 aliphatic carbocycles. The van der Waals surface area contributed by atoms with E-state index >= 15 is 0 Å². The Hall–Kier alpha value is -1.81. The largest absolute Gasteiger partial charge is 0.461 e. The molecule has 3 unspecified atom stereocenters. The summed E-state index contributed by atoms with van der Waals surface area (Å²) in [6.45, 7) is 11.5. The number of carbonyl (C=O) groups is 3. The third-order valence-corrected chi connectivity index (χ3v) is 11.1. The molecule has 38 heavy (non-hydrogen) atoms. The molecule has 4 rings (SSSR count). The van der Waals surface area contributed by atoms with Crippen molar-refractivity contribution in [3.05, 3.63) is 54.6 Å². The number of hydrogen-bond donors (Lipinski definition) is 1. The summed E-state index contributed by atoms with van der Waals surface area (Å²) in [5, 5.41) is 10.8. The number of benzene rings is 1. The Bertz CT molecular complexity index is 1100. The number of alkyl halides is 1. The summed E-state index contributed by atoms with van der Waals surface area (Å²) in [6.07, 6.45) is 4.20. The molecule has 206 valence electrons. The number of likely N-dealkylation sites (tertiary alicyclic amines) is 1. The number of hydrogen-bond acceptors (Lipinski definition) is 6. The van der Waals surface area contributed by atoms with E-state index in [0.717, 1.165) is 0 Å². The number of aliphatic hydroxyl groups excluding tert-OH is 1. The molecule has 1 aromatic rings. The van der Waals surface area contributed by atoms with Crippen LogP contribution in [-0.2, 0) is 19.1 Å². The molecule has 10 heteroatoms. The quantitative estimate of drug-likeness (QED) is 0.222. The van der Waals surface area contributed by atoms with Crippen LogP contribution in [0.2, 0.25) is 5.02 Å². The zero-order chi connectivity index (χ0) is 27.8. The molecule has 1 spiro atoms. The van der Waals surface area contributed by atoms with Gasteiger partial charge in [-0.05, 0) is 43.0 Å². The first-order chi connectivity index (χ1) is 18.1. The highest BCUT2D eigenvalue weighted by atomic mass is 79.9. The number of ether oxygens (including phenoxy) is 1. The number of amides is 2. The fraction of sp³-hybridized carbons (Fsp3) is 0.536. The van der Waals surface area contributed by atoms with Crippen molar-refractivity contribution < 1.29 is 24.2 Å². The first-order valence-corrected chi connectivity index (χ1v) is 15.0. The number of halogens is 2. The van der Waals surface area contributed by atoms with Crippen LogP contribution in [0.3, 0.4) is 0 Å². The van der Waals surface area contributed by atoms with Crippen LogP contribution >= 0.6 is 39.3 Å². The predicted octanol–water partition coefficient (Wildman–Crippen LogP) is 4.46. The smallest absolute Gasteiger partial charge is 0.311 e. The first-order valence-electron chi connectivity index (χ1n) is 12.8. The number of anilines is 1. The van der Waals surface area contributed by atoms with Crippen LogP contribution in [0.25, 0.3) is 0 Å². The third kappa shape index (κ3) is 4.95. The second-order valence-electron chi connectivity index (χ2n) is 10.5. The van der Waals surface area contributed by atoms with Crippen LogP contribution in [0, 0.1) is 17.8 Å². The van der Waals surface area contributed by atoms with E-state index < -0.39 is 34.6 Å². The molecule has 3 aliphatic rings.